The van der Waals surface area contributed by atoms with Crippen LogP contribution in [0, 0.1) is 0 Å². The van der Waals surface area contributed by atoms with Gasteiger partial charge in [-0.25, -0.2) is 4.79 Å². The molecule has 2 heterocycles. The number of carbonyl (C=O) groups is 1. The van der Waals surface area contributed by atoms with Gasteiger partial charge in [0, 0.05) is 24.8 Å². The van der Waals surface area contributed by atoms with Crippen molar-refractivity contribution >= 4 is 22.6 Å². The van der Waals surface area contributed by atoms with Crippen molar-refractivity contribution in [2.75, 3.05) is 18.4 Å². The molecule has 1 aliphatic heterocycles. The number of para-hydroxylation sites is 2. The SMILES string of the molecule is CC(C(=O)Nc1ccc2c(c1)CCC2)N1CCC(n2c(=O)[nH]c3ccccc32)CC1. The summed E-state index contributed by atoms with van der Waals surface area (Å²) in [5.74, 6) is 0.0376. The summed E-state index contributed by atoms with van der Waals surface area (Å²) in [6.45, 7) is 3.58. The summed E-state index contributed by atoms with van der Waals surface area (Å²) in [6, 6.07) is 14.1. The van der Waals surface area contributed by atoms with Gasteiger partial charge in [-0.05, 0) is 74.4 Å². The second kappa shape index (κ2) is 7.76. The number of aromatic nitrogens is 2. The molecular formula is C24H28N4O2. The van der Waals surface area contributed by atoms with Crippen LogP contribution in [0.1, 0.15) is 43.4 Å². The van der Waals surface area contributed by atoms with E-state index in [4.69, 9.17) is 0 Å². The predicted molar refractivity (Wildman–Crippen MR) is 119 cm³/mol. The molecule has 6 nitrogen and oxygen atoms in total. The Morgan fingerprint density at radius 1 is 1.10 bits per heavy atom. The van der Waals surface area contributed by atoms with E-state index in [9.17, 15) is 9.59 Å². The Balaban J connectivity index is 1.23. The Kier molecular flexibility index (Phi) is 4.95. The molecule has 0 spiro atoms. The van der Waals surface area contributed by atoms with E-state index in [0.29, 0.717) is 0 Å². The van der Waals surface area contributed by atoms with Gasteiger partial charge in [-0.3, -0.25) is 14.3 Å². The fourth-order valence-electron chi connectivity index (χ4n) is 5.03. The highest BCUT2D eigenvalue weighted by molar-refractivity contribution is 5.94. The van der Waals surface area contributed by atoms with Crippen LogP contribution >= 0.6 is 0 Å². The average Bonchev–Trinajstić information content (AvgIpc) is 3.36. The van der Waals surface area contributed by atoms with Crippen molar-refractivity contribution < 1.29 is 4.79 Å². The van der Waals surface area contributed by atoms with Crippen LogP contribution in [0.15, 0.2) is 47.3 Å². The van der Waals surface area contributed by atoms with Crippen molar-refractivity contribution in [2.24, 2.45) is 0 Å². The van der Waals surface area contributed by atoms with Crippen LogP contribution in [0.5, 0.6) is 0 Å². The zero-order valence-corrected chi connectivity index (χ0v) is 17.4. The van der Waals surface area contributed by atoms with E-state index < -0.39 is 0 Å². The van der Waals surface area contributed by atoms with Crippen molar-refractivity contribution in [3.63, 3.8) is 0 Å². The first kappa shape index (κ1) is 19.1. The van der Waals surface area contributed by atoms with Gasteiger partial charge < -0.3 is 10.3 Å². The lowest BCUT2D eigenvalue weighted by Gasteiger charge is -2.35. The summed E-state index contributed by atoms with van der Waals surface area (Å²) >= 11 is 0. The standard InChI is InChI=1S/C24H28N4O2/c1-16(23(29)25-19-10-9-17-5-4-6-18(17)15-19)27-13-11-20(12-14-27)28-22-8-3-2-7-21(22)26-24(28)30/h2-3,7-10,15-16,20H,4-6,11-14H2,1H3,(H,25,29)(H,26,30). The van der Waals surface area contributed by atoms with Gasteiger partial charge >= 0.3 is 5.69 Å². The molecule has 156 valence electrons. The van der Waals surface area contributed by atoms with Crippen LogP contribution in [0.4, 0.5) is 5.69 Å². The number of imidazole rings is 1. The number of likely N-dealkylation sites (tertiary alicyclic amines) is 1. The number of aromatic amines is 1. The first-order chi connectivity index (χ1) is 14.6. The number of hydrogen-bond acceptors (Lipinski definition) is 3. The van der Waals surface area contributed by atoms with E-state index in [-0.39, 0.29) is 23.7 Å². The van der Waals surface area contributed by atoms with E-state index in [1.54, 1.807) is 0 Å². The number of benzene rings is 2. The normalized spacial score (nSPS) is 18.4. The molecule has 1 saturated heterocycles. The Morgan fingerprint density at radius 2 is 1.87 bits per heavy atom. The third kappa shape index (κ3) is 3.45. The molecule has 1 aromatic heterocycles. The molecule has 1 aliphatic carbocycles. The number of nitrogens with one attached hydrogen (secondary N) is 2. The molecule has 2 N–H and O–H groups in total. The van der Waals surface area contributed by atoms with Crippen molar-refractivity contribution in [3.8, 4) is 0 Å². The molecule has 0 radical (unpaired) electrons. The smallest absolute Gasteiger partial charge is 0.325 e. The molecule has 2 aliphatic rings. The van der Waals surface area contributed by atoms with Gasteiger partial charge in [-0.1, -0.05) is 18.2 Å². The zero-order valence-electron chi connectivity index (χ0n) is 17.4. The van der Waals surface area contributed by atoms with E-state index in [1.165, 1.54) is 17.5 Å². The van der Waals surface area contributed by atoms with Crippen molar-refractivity contribution in [1.29, 1.82) is 0 Å². The van der Waals surface area contributed by atoms with Crippen LogP contribution in [0.3, 0.4) is 0 Å². The van der Waals surface area contributed by atoms with E-state index >= 15 is 0 Å². The molecule has 1 unspecified atom stereocenters. The maximum absolute atomic E-state index is 12.8. The van der Waals surface area contributed by atoms with Crippen molar-refractivity contribution in [2.45, 2.75) is 51.1 Å². The fourth-order valence-corrected chi connectivity index (χ4v) is 5.03. The minimum absolute atomic E-state index is 0.0376. The van der Waals surface area contributed by atoms with Crippen molar-refractivity contribution in [3.05, 3.63) is 64.1 Å². The number of aryl methyl sites for hydroxylation is 2. The lowest BCUT2D eigenvalue weighted by atomic mass is 10.0. The van der Waals surface area contributed by atoms with Crippen LogP contribution in [0.2, 0.25) is 0 Å². The quantitative estimate of drug-likeness (QED) is 0.699. The Labute approximate surface area is 175 Å². The number of amides is 1. The molecule has 0 bridgehead atoms. The highest BCUT2D eigenvalue weighted by Crippen LogP contribution is 2.27. The summed E-state index contributed by atoms with van der Waals surface area (Å²) < 4.78 is 1.89. The molecule has 2 aromatic carbocycles. The average molecular weight is 405 g/mol. The van der Waals surface area contributed by atoms with Gasteiger partial charge in [0.2, 0.25) is 5.91 Å². The number of fused-ring (bicyclic) bond motifs is 2. The molecule has 0 saturated carbocycles. The Hall–Kier alpha value is -2.86. The summed E-state index contributed by atoms with van der Waals surface area (Å²) in [6.07, 6.45) is 5.18. The van der Waals surface area contributed by atoms with E-state index in [2.05, 4.69) is 27.3 Å². The lowest BCUT2D eigenvalue weighted by molar-refractivity contribution is -0.121. The minimum Gasteiger partial charge on any atom is -0.325 e. The first-order valence-corrected chi connectivity index (χ1v) is 11.0. The molecule has 6 heteroatoms. The highest BCUT2D eigenvalue weighted by Gasteiger charge is 2.29. The Bertz CT molecular complexity index is 1140. The van der Waals surface area contributed by atoms with Gasteiger partial charge in [0.05, 0.1) is 17.1 Å². The largest absolute Gasteiger partial charge is 0.326 e. The number of H-pyrrole nitrogens is 1. The number of piperidine rings is 1. The summed E-state index contributed by atoms with van der Waals surface area (Å²) in [7, 11) is 0. The minimum atomic E-state index is -0.195. The lowest BCUT2D eigenvalue weighted by Crippen LogP contribution is -2.46. The monoisotopic (exact) mass is 404 g/mol. The third-order valence-corrected chi connectivity index (χ3v) is 6.78. The van der Waals surface area contributed by atoms with Gasteiger partial charge in [0.15, 0.2) is 0 Å². The molecule has 5 rings (SSSR count). The molecular weight excluding hydrogens is 376 g/mol. The van der Waals surface area contributed by atoms with Gasteiger partial charge in [-0.15, -0.1) is 0 Å². The molecule has 1 fully saturated rings. The first-order valence-electron chi connectivity index (χ1n) is 11.0. The number of nitrogens with zero attached hydrogens (tertiary/aromatic N) is 2. The maximum Gasteiger partial charge on any atom is 0.326 e. The number of anilines is 1. The van der Waals surface area contributed by atoms with Crippen LogP contribution in [-0.4, -0.2) is 39.5 Å². The van der Waals surface area contributed by atoms with Gasteiger partial charge in [-0.2, -0.15) is 0 Å². The predicted octanol–water partition coefficient (Wildman–Crippen LogP) is 3.48. The number of hydrogen-bond donors (Lipinski definition) is 2. The van der Waals surface area contributed by atoms with Crippen molar-refractivity contribution in [1.82, 2.24) is 14.5 Å². The van der Waals surface area contributed by atoms with E-state index in [1.807, 2.05) is 41.8 Å². The van der Waals surface area contributed by atoms with Gasteiger partial charge in [0.25, 0.3) is 0 Å². The van der Waals surface area contributed by atoms with Crippen LogP contribution in [-0.2, 0) is 17.6 Å². The third-order valence-electron chi connectivity index (χ3n) is 6.78. The van der Waals surface area contributed by atoms with E-state index in [0.717, 1.165) is 55.5 Å². The summed E-state index contributed by atoms with van der Waals surface area (Å²) in [4.78, 5) is 30.5. The molecule has 3 aromatic rings. The molecule has 1 amide bonds. The molecule has 30 heavy (non-hydrogen) atoms. The zero-order chi connectivity index (χ0) is 20.7. The van der Waals surface area contributed by atoms with Crippen LogP contribution in [0.25, 0.3) is 11.0 Å². The topological polar surface area (TPSA) is 70.1 Å². The highest BCUT2D eigenvalue weighted by atomic mass is 16.2. The summed E-state index contributed by atoms with van der Waals surface area (Å²) in [5.41, 5.74) is 5.47. The Morgan fingerprint density at radius 3 is 2.70 bits per heavy atom. The van der Waals surface area contributed by atoms with Gasteiger partial charge in [0.1, 0.15) is 0 Å². The summed E-state index contributed by atoms with van der Waals surface area (Å²) in [5, 5.41) is 3.10. The number of carbonyl (C=O) groups excluding carboxylic acids is 1. The second-order valence-corrected chi connectivity index (χ2v) is 8.59. The molecule has 1 atom stereocenters. The maximum atomic E-state index is 12.8. The number of rotatable bonds is 4. The second-order valence-electron chi connectivity index (χ2n) is 8.59. The van der Waals surface area contributed by atoms with Crippen LogP contribution < -0.4 is 11.0 Å². The fraction of sp³-hybridized carbons (Fsp3) is 0.417.